The van der Waals surface area contributed by atoms with Crippen LogP contribution in [0.25, 0.3) is 0 Å². The number of nitrogens with one attached hydrogen (secondary N) is 1. The van der Waals surface area contributed by atoms with Crippen LogP contribution in [0, 0.1) is 6.92 Å². The van der Waals surface area contributed by atoms with E-state index in [-0.39, 0.29) is 0 Å². The second kappa shape index (κ2) is 6.26. The zero-order chi connectivity index (χ0) is 13.0. The first-order chi connectivity index (χ1) is 8.69. The Morgan fingerprint density at radius 3 is 2.83 bits per heavy atom. The zero-order valence-corrected chi connectivity index (χ0v) is 12.3. The van der Waals surface area contributed by atoms with Crippen LogP contribution >= 0.6 is 23.3 Å². The molecule has 96 valence electrons. The van der Waals surface area contributed by atoms with Crippen molar-refractivity contribution in [1.29, 1.82) is 0 Å². The number of rotatable bonds is 5. The lowest BCUT2D eigenvalue weighted by Crippen LogP contribution is -2.17. The molecule has 18 heavy (non-hydrogen) atoms. The first-order valence-electron chi connectivity index (χ1n) is 5.86. The van der Waals surface area contributed by atoms with Gasteiger partial charge in [0.05, 0.1) is 0 Å². The quantitative estimate of drug-likeness (QED) is 0.912. The molecule has 2 rings (SSSR count). The van der Waals surface area contributed by atoms with E-state index >= 15 is 0 Å². The molecule has 0 spiro atoms. The van der Waals surface area contributed by atoms with E-state index in [1.807, 2.05) is 19.2 Å². The number of hydrogen-bond donors (Lipinski definition) is 1. The second-order valence-electron chi connectivity index (χ2n) is 3.92. The van der Waals surface area contributed by atoms with E-state index in [1.165, 1.54) is 17.1 Å². The van der Waals surface area contributed by atoms with Crippen molar-refractivity contribution in [2.24, 2.45) is 0 Å². The van der Waals surface area contributed by atoms with Gasteiger partial charge in [0.2, 0.25) is 0 Å². The summed E-state index contributed by atoms with van der Waals surface area (Å²) in [5, 5.41) is 4.32. The van der Waals surface area contributed by atoms with Gasteiger partial charge < -0.3 is 5.32 Å². The van der Waals surface area contributed by atoms with E-state index in [0.717, 1.165) is 21.7 Å². The molecule has 1 N–H and O–H groups in total. The summed E-state index contributed by atoms with van der Waals surface area (Å²) in [6.45, 7) is 7.10. The largest absolute Gasteiger partial charge is 0.310 e. The van der Waals surface area contributed by atoms with Crippen LogP contribution in [-0.2, 0) is 0 Å². The van der Waals surface area contributed by atoms with Gasteiger partial charge in [-0.3, -0.25) is 0 Å². The van der Waals surface area contributed by atoms with Crippen molar-refractivity contribution in [1.82, 2.24) is 19.7 Å². The van der Waals surface area contributed by atoms with E-state index in [2.05, 4.69) is 39.6 Å². The summed E-state index contributed by atoms with van der Waals surface area (Å²) in [5.74, 6) is 0.819. The van der Waals surface area contributed by atoms with Crippen LogP contribution in [-0.4, -0.2) is 20.9 Å². The molecule has 0 aliphatic carbocycles. The van der Waals surface area contributed by atoms with Gasteiger partial charge in [-0.25, -0.2) is 9.97 Å². The maximum atomic E-state index is 4.45. The van der Waals surface area contributed by atoms with E-state index < -0.39 is 0 Å². The van der Waals surface area contributed by atoms with Gasteiger partial charge >= 0.3 is 0 Å². The van der Waals surface area contributed by atoms with Crippen LogP contribution in [0.15, 0.2) is 27.7 Å². The Labute approximate surface area is 115 Å². The van der Waals surface area contributed by atoms with Crippen LogP contribution < -0.4 is 5.32 Å². The SMILES string of the molecule is CCNC(C)c1ccc(Sc2nc(C)ns2)nc1. The van der Waals surface area contributed by atoms with Crippen molar-refractivity contribution in [2.75, 3.05) is 6.54 Å². The lowest BCUT2D eigenvalue weighted by atomic mass is 10.1. The molecule has 4 nitrogen and oxygen atoms in total. The first-order valence-corrected chi connectivity index (χ1v) is 7.45. The molecule has 0 amide bonds. The maximum Gasteiger partial charge on any atom is 0.176 e. The Balaban J connectivity index is 2.03. The number of aromatic nitrogens is 3. The molecule has 2 aromatic heterocycles. The van der Waals surface area contributed by atoms with Crippen LogP contribution in [0.4, 0.5) is 0 Å². The van der Waals surface area contributed by atoms with Gasteiger partial charge in [-0.1, -0.05) is 13.0 Å². The second-order valence-corrected chi connectivity index (χ2v) is 5.94. The molecule has 0 saturated heterocycles. The fraction of sp³-hybridized carbons (Fsp3) is 0.417. The molecule has 0 bridgehead atoms. The maximum absolute atomic E-state index is 4.45. The van der Waals surface area contributed by atoms with E-state index in [1.54, 1.807) is 11.8 Å². The summed E-state index contributed by atoms with van der Waals surface area (Å²) in [7, 11) is 0. The van der Waals surface area contributed by atoms with Gasteiger partial charge in [0.15, 0.2) is 4.34 Å². The van der Waals surface area contributed by atoms with Gasteiger partial charge in [0.1, 0.15) is 10.9 Å². The Morgan fingerprint density at radius 1 is 1.44 bits per heavy atom. The average Bonchev–Trinajstić information content (AvgIpc) is 2.76. The number of pyridine rings is 1. The van der Waals surface area contributed by atoms with Gasteiger partial charge in [0, 0.05) is 12.2 Å². The molecule has 0 aliphatic heterocycles. The third-order valence-electron chi connectivity index (χ3n) is 2.47. The van der Waals surface area contributed by atoms with Crippen molar-refractivity contribution < 1.29 is 0 Å². The monoisotopic (exact) mass is 280 g/mol. The zero-order valence-electron chi connectivity index (χ0n) is 10.7. The highest BCUT2D eigenvalue weighted by Crippen LogP contribution is 2.27. The topological polar surface area (TPSA) is 50.7 Å². The summed E-state index contributed by atoms with van der Waals surface area (Å²) in [6.07, 6.45) is 1.92. The molecular formula is C12H16N4S2. The molecule has 0 fully saturated rings. The Hall–Kier alpha value is -0.980. The third kappa shape index (κ3) is 3.51. The molecule has 2 aromatic rings. The predicted octanol–water partition coefficient (Wildman–Crippen LogP) is 3.06. The summed E-state index contributed by atoms with van der Waals surface area (Å²) in [4.78, 5) is 8.76. The normalized spacial score (nSPS) is 12.6. The Bertz CT molecular complexity index is 495. The Morgan fingerprint density at radius 2 is 2.28 bits per heavy atom. The predicted molar refractivity (Wildman–Crippen MR) is 75.1 cm³/mol. The number of aryl methyl sites for hydroxylation is 1. The summed E-state index contributed by atoms with van der Waals surface area (Å²) < 4.78 is 5.09. The van der Waals surface area contributed by atoms with Crippen molar-refractivity contribution >= 4 is 23.3 Å². The van der Waals surface area contributed by atoms with Gasteiger partial charge in [-0.2, -0.15) is 4.37 Å². The first kappa shape index (κ1) is 13.5. The minimum absolute atomic E-state index is 0.338. The van der Waals surface area contributed by atoms with Gasteiger partial charge in [-0.05, 0) is 55.3 Å². The standard InChI is InChI=1S/C12H16N4S2/c1-4-13-8(2)10-5-6-11(14-7-10)17-12-15-9(3)16-18-12/h5-8,13H,4H2,1-3H3. The van der Waals surface area contributed by atoms with Crippen LogP contribution in [0.5, 0.6) is 0 Å². The van der Waals surface area contributed by atoms with Gasteiger partial charge in [-0.15, -0.1) is 0 Å². The summed E-state index contributed by atoms with van der Waals surface area (Å²) in [6, 6.07) is 4.48. The van der Waals surface area contributed by atoms with Crippen LogP contribution in [0.2, 0.25) is 0 Å². The molecule has 1 unspecified atom stereocenters. The molecule has 0 aromatic carbocycles. The molecule has 2 heterocycles. The highest BCUT2D eigenvalue weighted by molar-refractivity contribution is 8.00. The summed E-state index contributed by atoms with van der Waals surface area (Å²) in [5.41, 5.74) is 1.20. The van der Waals surface area contributed by atoms with Crippen LogP contribution in [0.1, 0.15) is 31.3 Å². The lowest BCUT2D eigenvalue weighted by molar-refractivity contribution is 0.595. The van der Waals surface area contributed by atoms with Crippen molar-refractivity contribution in [2.45, 2.75) is 36.2 Å². The minimum Gasteiger partial charge on any atom is -0.310 e. The molecule has 1 atom stereocenters. The highest BCUT2D eigenvalue weighted by Gasteiger charge is 2.07. The fourth-order valence-corrected chi connectivity index (χ4v) is 3.08. The Kier molecular flexibility index (Phi) is 4.68. The highest BCUT2D eigenvalue weighted by atomic mass is 32.2. The summed E-state index contributed by atoms with van der Waals surface area (Å²) >= 11 is 2.97. The van der Waals surface area contributed by atoms with E-state index in [9.17, 15) is 0 Å². The number of hydrogen-bond acceptors (Lipinski definition) is 6. The van der Waals surface area contributed by atoms with Crippen molar-refractivity contribution in [3.63, 3.8) is 0 Å². The molecular weight excluding hydrogens is 264 g/mol. The van der Waals surface area contributed by atoms with Crippen LogP contribution in [0.3, 0.4) is 0 Å². The van der Waals surface area contributed by atoms with Crippen molar-refractivity contribution in [3.05, 3.63) is 29.7 Å². The van der Waals surface area contributed by atoms with Crippen molar-refractivity contribution in [3.8, 4) is 0 Å². The molecule has 0 aliphatic rings. The lowest BCUT2D eigenvalue weighted by Gasteiger charge is -2.12. The minimum atomic E-state index is 0.338. The molecule has 6 heteroatoms. The van der Waals surface area contributed by atoms with E-state index in [0.29, 0.717) is 6.04 Å². The van der Waals surface area contributed by atoms with E-state index in [4.69, 9.17) is 0 Å². The fourth-order valence-electron chi connectivity index (χ4n) is 1.54. The molecule has 0 saturated carbocycles. The molecule has 0 radical (unpaired) electrons. The number of nitrogens with zero attached hydrogens (tertiary/aromatic N) is 3. The van der Waals surface area contributed by atoms with Gasteiger partial charge in [0.25, 0.3) is 0 Å². The third-order valence-corrected chi connectivity index (χ3v) is 4.26. The average molecular weight is 280 g/mol. The smallest absolute Gasteiger partial charge is 0.176 e.